The number of ether oxygens (including phenoxy) is 2. The van der Waals surface area contributed by atoms with Crippen molar-refractivity contribution in [3.8, 4) is 11.8 Å². The molecule has 39 heavy (non-hydrogen) atoms. The molecule has 0 radical (unpaired) electrons. The van der Waals surface area contributed by atoms with Crippen molar-refractivity contribution in [2.75, 3.05) is 24.7 Å². The first-order valence-electron chi connectivity index (χ1n) is 14.2. The Bertz CT molecular complexity index is 1140. The number of carboxylic acids is 1. The summed E-state index contributed by atoms with van der Waals surface area (Å²) in [7, 11) is 0. The van der Waals surface area contributed by atoms with E-state index in [1.807, 2.05) is 20.8 Å². The Balaban J connectivity index is 1.62. The van der Waals surface area contributed by atoms with E-state index in [0.29, 0.717) is 55.9 Å². The standard InChI is InChI=1S/C31H43NO6S/c1-20-6-7-25(21(2)16-20)28(33)32(26-17-24(10-12-30(3,4)5)39-27(26)29(34)35)22-8-13-31(36,14-9-22)19-38-23-11-15-37-18-23/h6,17,21-23,25,36H,7-9,11,13-16,18-19H2,1-5H3,(H,34,35)/t21-,22-,23-,25?,31+/m0/s1. The van der Waals surface area contributed by atoms with Crippen LogP contribution in [0.3, 0.4) is 0 Å². The van der Waals surface area contributed by atoms with E-state index in [9.17, 15) is 19.8 Å². The molecule has 2 N–H and O–H groups in total. The van der Waals surface area contributed by atoms with Gasteiger partial charge in [0, 0.05) is 24.0 Å². The Hall–Kier alpha value is -2.18. The third-order valence-corrected chi connectivity index (χ3v) is 9.09. The fourth-order valence-electron chi connectivity index (χ4n) is 5.80. The summed E-state index contributed by atoms with van der Waals surface area (Å²) in [6, 6.07) is 1.58. The van der Waals surface area contributed by atoms with Gasteiger partial charge in [0.2, 0.25) is 5.91 Å². The molecule has 3 aliphatic rings. The first-order chi connectivity index (χ1) is 18.3. The fourth-order valence-corrected chi connectivity index (χ4v) is 6.64. The fraction of sp³-hybridized carbons (Fsp3) is 0.677. The first kappa shape index (κ1) is 29.8. The second kappa shape index (κ2) is 12.1. The van der Waals surface area contributed by atoms with Crippen LogP contribution in [-0.4, -0.2) is 59.7 Å². The minimum atomic E-state index is -1.05. The van der Waals surface area contributed by atoms with Crippen LogP contribution in [0, 0.1) is 29.1 Å². The molecule has 1 aromatic heterocycles. The zero-order valence-corrected chi connectivity index (χ0v) is 24.7. The average Bonchev–Trinajstić information content (AvgIpc) is 3.53. The maximum atomic E-state index is 14.2. The van der Waals surface area contributed by atoms with Gasteiger partial charge in [-0.3, -0.25) is 4.79 Å². The molecular formula is C31H43NO6S. The van der Waals surface area contributed by atoms with Gasteiger partial charge in [0.15, 0.2) is 0 Å². The second-order valence-corrected chi connectivity index (χ2v) is 13.7. The van der Waals surface area contributed by atoms with Gasteiger partial charge in [-0.15, -0.1) is 11.3 Å². The maximum Gasteiger partial charge on any atom is 0.348 e. The molecule has 2 aliphatic carbocycles. The van der Waals surface area contributed by atoms with Crippen molar-refractivity contribution in [3.05, 3.63) is 27.5 Å². The monoisotopic (exact) mass is 557 g/mol. The van der Waals surface area contributed by atoms with Crippen LogP contribution in [0.2, 0.25) is 0 Å². The van der Waals surface area contributed by atoms with Crippen molar-refractivity contribution in [3.63, 3.8) is 0 Å². The third-order valence-electron chi connectivity index (χ3n) is 8.06. The van der Waals surface area contributed by atoms with Crippen LogP contribution in [-0.2, 0) is 14.3 Å². The summed E-state index contributed by atoms with van der Waals surface area (Å²) in [5.74, 6) is 5.19. The molecule has 2 heterocycles. The van der Waals surface area contributed by atoms with Crippen LogP contribution >= 0.6 is 11.3 Å². The molecule has 3 atom stereocenters. The van der Waals surface area contributed by atoms with Gasteiger partial charge in [-0.2, -0.15) is 0 Å². The van der Waals surface area contributed by atoms with E-state index >= 15 is 0 Å². The number of carbonyl (C=O) groups excluding carboxylic acids is 1. The highest BCUT2D eigenvalue weighted by atomic mass is 32.1. The minimum Gasteiger partial charge on any atom is -0.477 e. The number of rotatable bonds is 7. The lowest BCUT2D eigenvalue weighted by Gasteiger charge is -2.42. The highest BCUT2D eigenvalue weighted by molar-refractivity contribution is 7.15. The molecule has 8 heteroatoms. The lowest BCUT2D eigenvalue weighted by molar-refractivity contribution is -0.125. The van der Waals surface area contributed by atoms with Gasteiger partial charge in [-0.1, -0.05) is 30.4 Å². The zero-order valence-electron chi connectivity index (χ0n) is 23.9. The van der Waals surface area contributed by atoms with Crippen molar-refractivity contribution in [1.29, 1.82) is 0 Å². The Kier molecular flexibility index (Phi) is 9.27. The molecule has 214 valence electrons. The molecule has 1 aliphatic heterocycles. The predicted octanol–water partition coefficient (Wildman–Crippen LogP) is 5.65. The molecule has 0 aromatic carbocycles. The molecule has 2 fully saturated rings. The van der Waals surface area contributed by atoms with Gasteiger partial charge in [-0.25, -0.2) is 4.79 Å². The van der Waals surface area contributed by atoms with Crippen LogP contribution < -0.4 is 4.90 Å². The summed E-state index contributed by atoms with van der Waals surface area (Å²) in [4.78, 5) is 29.2. The molecule has 1 unspecified atom stereocenters. The van der Waals surface area contributed by atoms with E-state index in [1.165, 1.54) is 5.57 Å². The molecule has 7 nitrogen and oxygen atoms in total. The number of carboxylic acid groups (broad SMARTS) is 1. The van der Waals surface area contributed by atoms with Gasteiger partial charge in [0.25, 0.3) is 0 Å². The van der Waals surface area contributed by atoms with E-state index in [1.54, 1.807) is 11.0 Å². The maximum absolute atomic E-state index is 14.2. The lowest BCUT2D eigenvalue weighted by atomic mass is 9.78. The SMILES string of the molecule is CC1=CCC(C(=O)N(c2cc(C#CC(C)(C)C)sc2C(=O)O)[C@H]2CC[C@](O)(CO[C@H]3CCOC3)CC2)[C@@H](C)C1. The van der Waals surface area contributed by atoms with Crippen LogP contribution in [0.15, 0.2) is 17.7 Å². The Morgan fingerprint density at radius 2 is 1.97 bits per heavy atom. The lowest BCUT2D eigenvalue weighted by Crippen LogP contribution is -2.51. The Labute approximate surface area is 236 Å². The van der Waals surface area contributed by atoms with E-state index < -0.39 is 11.6 Å². The molecule has 0 bridgehead atoms. The summed E-state index contributed by atoms with van der Waals surface area (Å²) < 4.78 is 11.3. The topological polar surface area (TPSA) is 96.3 Å². The summed E-state index contributed by atoms with van der Waals surface area (Å²) >= 11 is 1.13. The quantitative estimate of drug-likeness (QED) is 0.332. The predicted molar refractivity (Wildman–Crippen MR) is 153 cm³/mol. The highest BCUT2D eigenvalue weighted by Crippen LogP contribution is 2.41. The van der Waals surface area contributed by atoms with Crippen LogP contribution in [0.5, 0.6) is 0 Å². The van der Waals surface area contributed by atoms with Crippen LogP contribution in [0.4, 0.5) is 5.69 Å². The molecule has 1 saturated carbocycles. The first-order valence-corrected chi connectivity index (χ1v) is 15.0. The highest BCUT2D eigenvalue weighted by Gasteiger charge is 2.42. The number of allylic oxidation sites excluding steroid dienone is 2. The average molecular weight is 558 g/mol. The minimum absolute atomic E-state index is 0.0192. The molecule has 1 aromatic rings. The van der Waals surface area contributed by atoms with Gasteiger partial charge >= 0.3 is 5.97 Å². The second-order valence-electron chi connectivity index (χ2n) is 12.7. The third kappa shape index (κ3) is 7.52. The number of thiophene rings is 1. The molecule has 0 spiro atoms. The van der Waals surface area contributed by atoms with Gasteiger partial charge in [-0.05, 0) is 84.6 Å². The Morgan fingerprint density at radius 3 is 2.56 bits per heavy atom. The molecular weight excluding hydrogens is 514 g/mol. The molecule has 1 saturated heterocycles. The van der Waals surface area contributed by atoms with Gasteiger partial charge < -0.3 is 24.6 Å². The van der Waals surface area contributed by atoms with Gasteiger partial charge in [0.1, 0.15) is 4.88 Å². The van der Waals surface area contributed by atoms with E-state index in [0.717, 1.165) is 24.2 Å². The summed E-state index contributed by atoms with van der Waals surface area (Å²) in [6.07, 6.45) is 6.61. The normalized spacial score (nSPS) is 29.3. The zero-order chi connectivity index (χ0) is 28.4. The van der Waals surface area contributed by atoms with Gasteiger partial charge in [0.05, 0.1) is 35.5 Å². The molecule has 4 rings (SSSR count). The van der Waals surface area contributed by atoms with Crippen molar-refractivity contribution in [2.45, 2.75) is 97.3 Å². The van der Waals surface area contributed by atoms with E-state index in [2.05, 4.69) is 31.8 Å². The summed E-state index contributed by atoms with van der Waals surface area (Å²) in [5, 5.41) is 21.4. The molecule has 1 amide bonds. The number of carbonyl (C=O) groups is 2. The number of anilines is 1. The van der Waals surface area contributed by atoms with Crippen LogP contribution in [0.25, 0.3) is 0 Å². The smallest absolute Gasteiger partial charge is 0.348 e. The summed E-state index contributed by atoms with van der Waals surface area (Å²) in [5.41, 5.74) is 0.531. The number of hydrogen-bond donors (Lipinski definition) is 2. The van der Waals surface area contributed by atoms with Crippen molar-refractivity contribution >= 4 is 28.9 Å². The summed E-state index contributed by atoms with van der Waals surface area (Å²) in [6.45, 7) is 11.7. The number of aromatic carboxylic acids is 1. The van der Waals surface area contributed by atoms with E-state index in [4.69, 9.17) is 9.47 Å². The number of hydrogen-bond acceptors (Lipinski definition) is 6. The Morgan fingerprint density at radius 1 is 1.26 bits per heavy atom. The van der Waals surface area contributed by atoms with Crippen molar-refractivity contribution < 1.29 is 29.3 Å². The van der Waals surface area contributed by atoms with Crippen molar-refractivity contribution in [2.24, 2.45) is 17.3 Å². The van der Waals surface area contributed by atoms with E-state index in [-0.39, 0.29) is 46.8 Å². The largest absolute Gasteiger partial charge is 0.477 e. The number of amides is 1. The van der Waals surface area contributed by atoms with Crippen LogP contribution in [0.1, 0.15) is 94.1 Å². The van der Waals surface area contributed by atoms with Crippen molar-refractivity contribution in [1.82, 2.24) is 0 Å². The number of aliphatic hydroxyl groups is 1. The number of nitrogens with zero attached hydrogens (tertiary/aromatic N) is 1.